The summed E-state index contributed by atoms with van der Waals surface area (Å²) in [6.07, 6.45) is 3.27. The van der Waals surface area contributed by atoms with E-state index in [1.54, 1.807) is 0 Å². The summed E-state index contributed by atoms with van der Waals surface area (Å²) in [6.45, 7) is 4.83. The smallest absolute Gasteiger partial charge is 0.0831 e. The van der Waals surface area contributed by atoms with Crippen molar-refractivity contribution in [3.05, 3.63) is 35.9 Å². The van der Waals surface area contributed by atoms with E-state index < -0.39 is 0 Å². The molecule has 0 saturated carbocycles. The number of rotatable bonds is 8. The summed E-state index contributed by atoms with van der Waals surface area (Å²) in [4.78, 5) is 0. The van der Waals surface area contributed by atoms with Crippen molar-refractivity contribution in [2.45, 2.75) is 51.7 Å². The number of benzene rings is 1. The summed E-state index contributed by atoms with van der Waals surface area (Å²) in [5, 5.41) is 9.88. The van der Waals surface area contributed by atoms with E-state index in [2.05, 4.69) is 26.0 Å². The lowest BCUT2D eigenvalue weighted by Crippen LogP contribution is -2.29. The van der Waals surface area contributed by atoms with Crippen LogP contribution in [0.2, 0.25) is 0 Å². The van der Waals surface area contributed by atoms with Gasteiger partial charge in [0.05, 0.1) is 18.8 Å². The zero-order chi connectivity index (χ0) is 12.5. The SMILES string of the molecule is CCCC(O)C(CC)OCCc1ccccc1. The lowest BCUT2D eigenvalue weighted by molar-refractivity contribution is -0.0410. The molecule has 0 saturated heterocycles. The summed E-state index contributed by atoms with van der Waals surface area (Å²) in [5.41, 5.74) is 1.28. The predicted molar refractivity (Wildman–Crippen MR) is 71.1 cm³/mol. The first-order valence-corrected chi connectivity index (χ1v) is 6.61. The number of hydrogen-bond acceptors (Lipinski definition) is 2. The molecule has 0 spiro atoms. The molecule has 2 unspecified atom stereocenters. The van der Waals surface area contributed by atoms with Gasteiger partial charge in [0, 0.05) is 0 Å². The Morgan fingerprint density at radius 2 is 1.88 bits per heavy atom. The van der Waals surface area contributed by atoms with Crippen LogP contribution in [0.4, 0.5) is 0 Å². The number of ether oxygens (including phenoxy) is 1. The fraction of sp³-hybridized carbons (Fsp3) is 0.600. The van der Waals surface area contributed by atoms with E-state index in [1.165, 1.54) is 5.56 Å². The van der Waals surface area contributed by atoms with Crippen LogP contribution in [0.5, 0.6) is 0 Å². The summed E-state index contributed by atoms with van der Waals surface area (Å²) in [5.74, 6) is 0. The van der Waals surface area contributed by atoms with Gasteiger partial charge in [-0.3, -0.25) is 0 Å². The first-order chi connectivity index (χ1) is 8.27. The van der Waals surface area contributed by atoms with Crippen LogP contribution in [0.3, 0.4) is 0 Å². The van der Waals surface area contributed by atoms with Gasteiger partial charge >= 0.3 is 0 Å². The zero-order valence-electron chi connectivity index (χ0n) is 10.9. The van der Waals surface area contributed by atoms with Crippen LogP contribution in [0.1, 0.15) is 38.7 Å². The standard InChI is InChI=1S/C15H24O2/c1-3-8-14(16)15(4-2)17-12-11-13-9-6-5-7-10-13/h5-7,9-10,14-16H,3-4,8,11-12H2,1-2H3. The maximum atomic E-state index is 9.88. The highest BCUT2D eigenvalue weighted by Crippen LogP contribution is 2.10. The number of aliphatic hydroxyl groups is 1. The Bertz CT molecular complexity index is 284. The molecule has 1 aromatic rings. The monoisotopic (exact) mass is 236 g/mol. The van der Waals surface area contributed by atoms with Gasteiger partial charge in [-0.2, -0.15) is 0 Å². The molecule has 1 N–H and O–H groups in total. The van der Waals surface area contributed by atoms with Gasteiger partial charge in [0.25, 0.3) is 0 Å². The van der Waals surface area contributed by atoms with E-state index in [1.807, 2.05) is 18.2 Å². The van der Waals surface area contributed by atoms with Crippen molar-refractivity contribution in [2.75, 3.05) is 6.61 Å². The highest BCUT2D eigenvalue weighted by molar-refractivity contribution is 5.14. The summed E-state index contributed by atoms with van der Waals surface area (Å²) in [6, 6.07) is 10.3. The van der Waals surface area contributed by atoms with Crippen molar-refractivity contribution < 1.29 is 9.84 Å². The molecule has 0 aliphatic heterocycles. The van der Waals surface area contributed by atoms with Crippen molar-refractivity contribution in [3.63, 3.8) is 0 Å². The summed E-state index contributed by atoms with van der Waals surface area (Å²) >= 11 is 0. The minimum absolute atomic E-state index is 0.0151. The molecule has 0 bridgehead atoms. The first-order valence-electron chi connectivity index (χ1n) is 6.61. The molecule has 0 aliphatic rings. The van der Waals surface area contributed by atoms with Crippen LogP contribution in [-0.4, -0.2) is 23.9 Å². The van der Waals surface area contributed by atoms with E-state index in [-0.39, 0.29) is 12.2 Å². The van der Waals surface area contributed by atoms with Gasteiger partial charge in [0.1, 0.15) is 0 Å². The quantitative estimate of drug-likeness (QED) is 0.751. The zero-order valence-corrected chi connectivity index (χ0v) is 10.9. The van der Waals surface area contributed by atoms with Gasteiger partial charge in [-0.25, -0.2) is 0 Å². The molecule has 0 aromatic heterocycles. The van der Waals surface area contributed by atoms with Gasteiger partial charge < -0.3 is 9.84 Å². The lowest BCUT2D eigenvalue weighted by atomic mass is 10.1. The minimum Gasteiger partial charge on any atom is -0.390 e. The van der Waals surface area contributed by atoms with Crippen molar-refractivity contribution in [2.24, 2.45) is 0 Å². The van der Waals surface area contributed by atoms with E-state index >= 15 is 0 Å². The third-order valence-corrected chi connectivity index (χ3v) is 2.98. The molecule has 0 aliphatic carbocycles. The van der Waals surface area contributed by atoms with Crippen LogP contribution in [-0.2, 0) is 11.2 Å². The topological polar surface area (TPSA) is 29.5 Å². The molecule has 2 nitrogen and oxygen atoms in total. The highest BCUT2D eigenvalue weighted by atomic mass is 16.5. The van der Waals surface area contributed by atoms with Crippen LogP contribution in [0, 0.1) is 0 Å². The average Bonchev–Trinajstić information content (AvgIpc) is 2.36. The van der Waals surface area contributed by atoms with Crippen LogP contribution < -0.4 is 0 Å². The van der Waals surface area contributed by atoms with Gasteiger partial charge in [0.2, 0.25) is 0 Å². The second-order valence-corrected chi connectivity index (χ2v) is 4.41. The van der Waals surface area contributed by atoms with E-state index in [9.17, 15) is 5.11 Å². The molecule has 96 valence electrons. The van der Waals surface area contributed by atoms with E-state index in [0.29, 0.717) is 6.61 Å². The molecule has 0 heterocycles. The van der Waals surface area contributed by atoms with Gasteiger partial charge in [0.15, 0.2) is 0 Å². The van der Waals surface area contributed by atoms with E-state index in [4.69, 9.17) is 4.74 Å². The fourth-order valence-corrected chi connectivity index (χ4v) is 1.96. The maximum absolute atomic E-state index is 9.88. The molecule has 1 rings (SSSR count). The molecule has 0 fully saturated rings. The Hall–Kier alpha value is -0.860. The predicted octanol–water partition coefficient (Wildman–Crippen LogP) is 3.19. The Balaban J connectivity index is 2.28. The van der Waals surface area contributed by atoms with Gasteiger partial charge in [-0.1, -0.05) is 50.6 Å². The number of hydrogen-bond donors (Lipinski definition) is 1. The maximum Gasteiger partial charge on any atom is 0.0831 e. The van der Waals surface area contributed by atoms with Crippen molar-refractivity contribution in [1.29, 1.82) is 0 Å². The lowest BCUT2D eigenvalue weighted by Gasteiger charge is -2.21. The van der Waals surface area contributed by atoms with E-state index in [0.717, 1.165) is 25.7 Å². The second kappa shape index (κ2) is 8.26. The van der Waals surface area contributed by atoms with Crippen molar-refractivity contribution >= 4 is 0 Å². The third-order valence-electron chi connectivity index (χ3n) is 2.98. The Morgan fingerprint density at radius 1 is 1.18 bits per heavy atom. The van der Waals surface area contributed by atoms with Crippen LogP contribution in [0.15, 0.2) is 30.3 Å². The molecule has 1 aromatic carbocycles. The molecular weight excluding hydrogens is 212 g/mol. The Morgan fingerprint density at radius 3 is 2.47 bits per heavy atom. The first kappa shape index (κ1) is 14.2. The third kappa shape index (κ3) is 5.33. The molecule has 2 atom stereocenters. The molecule has 17 heavy (non-hydrogen) atoms. The van der Waals surface area contributed by atoms with Crippen LogP contribution in [0.25, 0.3) is 0 Å². The largest absolute Gasteiger partial charge is 0.390 e. The molecule has 2 heteroatoms. The minimum atomic E-state index is -0.319. The second-order valence-electron chi connectivity index (χ2n) is 4.41. The summed E-state index contributed by atoms with van der Waals surface area (Å²) in [7, 11) is 0. The molecular formula is C15H24O2. The van der Waals surface area contributed by atoms with Gasteiger partial charge in [-0.05, 0) is 24.8 Å². The Kier molecular flexibility index (Phi) is 6.90. The fourth-order valence-electron chi connectivity index (χ4n) is 1.96. The van der Waals surface area contributed by atoms with Crippen LogP contribution >= 0.6 is 0 Å². The average molecular weight is 236 g/mol. The molecule has 0 amide bonds. The van der Waals surface area contributed by atoms with Crippen molar-refractivity contribution in [3.8, 4) is 0 Å². The Labute approximate surface area is 105 Å². The number of aliphatic hydroxyl groups excluding tert-OH is 1. The van der Waals surface area contributed by atoms with Crippen molar-refractivity contribution in [1.82, 2.24) is 0 Å². The molecule has 0 radical (unpaired) electrons. The summed E-state index contributed by atoms with van der Waals surface area (Å²) < 4.78 is 5.76. The van der Waals surface area contributed by atoms with Gasteiger partial charge in [-0.15, -0.1) is 0 Å². The highest BCUT2D eigenvalue weighted by Gasteiger charge is 2.16. The normalized spacial score (nSPS) is 14.5.